The van der Waals surface area contributed by atoms with E-state index in [1.807, 2.05) is 18.2 Å². The Hall–Kier alpha value is -2.63. The summed E-state index contributed by atoms with van der Waals surface area (Å²) in [6.07, 6.45) is 5.44. The average molecular weight is 357 g/mol. The van der Waals surface area contributed by atoms with Gasteiger partial charge in [-0.2, -0.15) is 0 Å². The number of likely N-dealkylation sites (N-methyl/N-ethyl adjacent to an activating group) is 1. The number of aliphatic imine (C=N–C) groups is 1. The van der Waals surface area contributed by atoms with Gasteiger partial charge >= 0.3 is 0 Å². The van der Waals surface area contributed by atoms with Crippen molar-refractivity contribution in [1.82, 2.24) is 10.2 Å². The van der Waals surface area contributed by atoms with Crippen molar-refractivity contribution in [3.63, 3.8) is 0 Å². The average Bonchev–Trinajstić information content (AvgIpc) is 3.14. The summed E-state index contributed by atoms with van der Waals surface area (Å²) in [6.45, 7) is 1.41. The molecule has 1 aliphatic rings. The molecule has 0 radical (unpaired) electrons. The Morgan fingerprint density at radius 1 is 1.31 bits per heavy atom. The third kappa shape index (κ3) is 4.31. The number of amides is 2. The highest BCUT2D eigenvalue weighted by Gasteiger charge is 2.37. The van der Waals surface area contributed by atoms with Crippen LogP contribution in [0.2, 0.25) is 0 Å². The standard InChI is InChI=1S/C20H27N3O3/c1-15(25)18(19(26)21-2)22-17(23(3)14-24)13-20(11-7-8-12-20)16-9-5-4-6-10-16/h4-6,9-10,14,25H,7-8,11-13H2,1-3H3,(H,21,26)/b18-15+,22-17?. The minimum absolute atomic E-state index is 0.0718. The third-order valence-electron chi connectivity index (χ3n) is 5.03. The molecule has 6 heteroatoms. The predicted octanol–water partition coefficient (Wildman–Crippen LogP) is 2.91. The first-order chi connectivity index (χ1) is 12.4. The van der Waals surface area contributed by atoms with Gasteiger partial charge in [-0.25, -0.2) is 4.99 Å². The van der Waals surface area contributed by atoms with E-state index in [0.717, 1.165) is 25.7 Å². The maximum atomic E-state index is 12.0. The molecule has 0 unspecified atom stereocenters. The molecule has 0 atom stereocenters. The molecule has 0 aliphatic heterocycles. The molecule has 0 spiro atoms. The Morgan fingerprint density at radius 2 is 1.92 bits per heavy atom. The topological polar surface area (TPSA) is 82.0 Å². The van der Waals surface area contributed by atoms with Gasteiger partial charge in [-0.1, -0.05) is 43.2 Å². The van der Waals surface area contributed by atoms with Gasteiger partial charge in [-0.05, 0) is 25.3 Å². The zero-order valence-corrected chi connectivity index (χ0v) is 15.7. The number of aliphatic hydroxyl groups is 1. The van der Waals surface area contributed by atoms with Crippen LogP contribution in [0.25, 0.3) is 0 Å². The fourth-order valence-corrected chi connectivity index (χ4v) is 3.56. The van der Waals surface area contributed by atoms with Crippen LogP contribution in [-0.2, 0) is 15.0 Å². The number of rotatable bonds is 6. The molecule has 1 aromatic rings. The lowest BCUT2D eigenvalue weighted by Crippen LogP contribution is -2.35. The highest BCUT2D eigenvalue weighted by Crippen LogP contribution is 2.44. The molecule has 0 saturated heterocycles. The molecule has 1 saturated carbocycles. The van der Waals surface area contributed by atoms with E-state index in [0.29, 0.717) is 18.7 Å². The molecule has 1 aromatic carbocycles. The van der Waals surface area contributed by atoms with Crippen LogP contribution in [0.1, 0.15) is 44.6 Å². The molecule has 2 rings (SSSR count). The van der Waals surface area contributed by atoms with Gasteiger partial charge in [0, 0.05) is 25.9 Å². The number of nitrogens with one attached hydrogen (secondary N) is 1. The van der Waals surface area contributed by atoms with E-state index in [1.54, 1.807) is 7.05 Å². The van der Waals surface area contributed by atoms with Gasteiger partial charge in [0.25, 0.3) is 5.91 Å². The summed E-state index contributed by atoms with van der Waals surface area (Å²) >= 11 is 0. The number of carbonyl (C=O) groups is 2. The highest BCUT2D eigenvalue weighted by atomic mass is 16.3. The zero-order chi connectivity index (χ0) is 19.2. The molecular weight excluding hydrogens is 330 g/mol. The zero-order valence-electron chi connectivity index (χ0n) is 15.7. The van der Waals surface area contributed by atoms with Crippen LogP contribution in [0, 0.1) is 0 Å². The van der Waals surface area contributed by atoms with Crippen molar-refractivity contribution >= 4 is 18.2 Å². The Balaban J connectivity index is 2.47. The predicted molar refractivity (Wildman–Crippen MR) is 102 cm³/mol. The molecule has 1 aliphatic carbocycles. The van der Waals surface area contributed by atoms with Gasteiger partial charge in [0.05, 0.1) is 0 Å². The Labute approximate surface area is 154 Å². The second-order valence-corrected chi connectivity index (χ2v) is 6.79. The molecule has 0 bridgehead atoms. The summed E-state index contributed by atoms with van der Waals surface area (Å²) in [4.78, 5) is 29.2. The van der Waals surface area contributed by atoms with E-state index >= 15 is 0 Å². The van der Waals surface area contributed by atoms with Gasteiger partial charge < -0.3 is 15.3 Å². The lowest BCUT2D eigenvalue weighted by molar-refractivity contribution is -0.117. The molecule has 0 heterocycles. The van der Waals surface area contributed by atoms with E-state index in [4.69, 9.17) is 0 Å². The summed E-state index contributed by atoms with van der Waals surface area (Å²) < 4.78 is 0. The van der Waals surface area contributed by atoms with Crippen LogP contribution in [0.3, 0.4) is 0 Å². The number of amidine groups is 1. The van der Waals surface area contributed by atoms with Crippen LogP contribution < -0.4 is 5.32 Å². The Bertz CT molecular complexity index is 700. The summed E-state index contributed by atoms with van der Waals surface area (Å²) in [5.74, 6) is -0.193. The van der Waals surface area contributed by atoms with E-state index < -0.39 is 5.91 Å². The molecule has 6 nitrogen and oxygen atoms in total. The van der Waals surface area contributed by atoms with E-state index in [9.17, 15) is 14.7 Å². The Kier molecular flexibility index (Phi) is 6.55. The lowest BCUT2D eigenvalue weighted by atomic mass is 9.75. The molecule has 140 valence electrons. The molecule has 0 aromatic heterocycles. The van der Waals surface area contributed by atoms with Crippen molar-refractivity contribution in [2.75, 3.05) is 14.1 Å². The van der Waals surface area contributed by atoms with Crippen LogP contribution in [-0.4, -0.2) is 42.3 Å². The highest BCUT2D eigenvalue weighted by molar-refractivity contribution is 5.99. The smallest absolute Gasteiger partial charge is 0.273 e. The minimum atomic E-state index is -0.484. The number of nitrogens with zero attached hydrogens (tertiary/aromatic N) is 2. The molecular formula is C20H27N3O3. The van der Waals surface area contributed by atoms with Gasteiger partial charge in [-0.15, -0.1) is 0 Å². The van der Waals surface area contributed by atoms with Crippen molar-refractivity contribution in [3.05, 3.63) is 47.4 Å². The minimum Gasteiger partial charge on any atom is -0.510 e. The molecule has 2 amide bonds. The van der Waals surface area contributed by atoms with Crippen molar-refractivity contribution in [2.24, 2.45) is 4.99 Å². The number of aliphatic hydroxyl groups excluding tert-OH is 1. The fourth-order valence-electron chi connectivity index (χ4n) is 3.56. The van der Waals surface area contributed by atoms with Crippen LogP contribution >= 0.6 is 0 Å². The summed E-state index contributed by atoms with van der Waals surface area (Å²) in [5, 5.41) is 12.3. The molecule has 26 heavy (non-hydrogen) atoms. The van der Waals surface area contributed by atoms with Crippen molar-refractivity contribution in [1.29, 1.82) is 0 Å². The maximum Gasteiger partial charge on any atom is 0.273 e. The second kappa shape index (κ2) is 8.65. The SMILES string of the molecule is CNC(=O)/C(N=C(CC1(c2ccccc2)CCCC1)N(C)C=O)=C(/C)O. The van der Waals surface area contributed by atoms with Crippen LogP contribution in [0.5, 0.6) is 0 Å². The first-order valence-corrected chi connectivity index (χ1v) is 8.86. The van der Waals surface area contributed by atoms with Gasteiger partial charge in [0.15, 0.2) is 5.70 Å². The second-order valence-electron chi connectivity index (χ2n) is 6.79. The quantitative estimate of drug-likeness (QED) is 0.270. The van der Waals surface area contributed by atoms with Crippen molar-refractivity contribution in [3.8, 4) is 0 Å². The van der Waals surface area contributed by atoms with Gasteiger partial charge in [0.2, 0.25) is 6.41 Å². The molecule has 1 fully saturated rings. The first-order valence-electron chi connectivity index (χ1n) is 8.86. The number of hydrogen-bond donors (Lipinski definition) is 2. The van der Waals surface area contributed by atoms with E-state index in [2.05, 4.69) is 22.4 Å². The van der Waals surface area contributed by atoms with Crippen molar-refractivity contribution < 1.29 is 14.7 Å². The van der Waals surface area contributed by atoms with E-state index in [-0.39, 0.29) is 16.9 Å². The largest absolute Gasteiger partial charge is 0.510 e. The monoisotopic (exact) mass is 357 g/mol. The first kappa shape index (κ1) is 19.7. The normalized spacial score (nSPS) is 17.4. The molecule has 2 N–H and O–H groups in total. The lowest BCUT2D eigenvalue weighted by Gasteiger charge is -2.32. The Morgan fingerprint density at radius 3 is 2.42 bits per heavy atom. The number of benzene rings is 1. The number of hydrogen-bond acceptors (Lipinski definition) is 4. The third-order valence-corrected chi connectivity index (χ3v) is 5.03. The van der Waals surface area contributed by atoms with E-state index in [1.165, 1.54) is 24.4 Å². The number of allylic oxidation sites excluding steroid dienone is 1. The van der Waals surface area contributed by atoms with Gasteiger partial charge in [-0.3, -0.25) is 9.59 Å². The van der Waals surface area contributed by atoms with Crippen LogP contribution in [0.4, 0.5) is 0 Å². The summed E-state index contributed by atoms with van der Waals surface area (Å²) in [6, 6.07) is 10.2. The van der Waals surface area contributed by atoms with Gasteiger partial charge in [0.1, 0.15) is 11.6 Å². The summed E-state index contributed by atoms with van der Waals surface area (Å²) in [5.41, 5.74) is 1.03. The maximum absolute atomic E-state index is 12.0. The number of carbonyl (C=O) groups excluding carboxylic acids is 2. The summed E-state index contributed by atoms with van der Waals surface area (Å²) in [7, 11) is 3.10. The fraction of sp³-hybridized carbons (Fsp3) is 0.450. The van der Waals surface area contributed by atoms with Crippen molar-refractivity contribution in [2.45, 2.75) is 44.4 Å². The van der Waals surface area contributed by atoms with Crippen LogP contribution in [0.15, 0.2) is 46.8 Å².